The molecule has 4 aromatic rings. The van der Waals surface area contributed by atoms with Crippen molar-refractivity contribution in [3.8, 4) is 23.0 Å². The molecular formula is C30H28N4O7S. The number of ether oxygens (including phenoxy) is 4. The molecule has 0 bridgehead atoms. The van der Waals surface area contributed by atoms with Crippen LogP contribution < -0.4 is 35.1 Å². The Kier molecular flexibility index (Phi) is 8.13. The highest BCUT2D eigenvalue weighted by molar-refractivity contribution is 7.99. The molecule has 0 radical (unpaired) electrons. The van der Waals surface area contributed by atoms with Gasteiger partial charge in [0.1, 0.15) is 0 Å². The lowest BCUT2D eigenvalue weighted by Crippen LogP contribution is -2.30. The molecule has 42 heavy (non-hydrogen) atoms. The molecule has 216 valence electrons. The third kappa shape index (κ3) is 6.28. The lowest BCUT2D eigenvalue weighted by molar-refractivity contribution is -0.121. The van der Waals surface area contributed by atoms with Crippen molar-refractivity contribution in [3.05, 3.63) is 82.1 Å². The molecule has 0 fully saturated rings. The fourth-order valence-electron chi connectivity index (χ4n) is 4.62. The van der Waals surface area contributed by atoms with Gasteiger partial charge in [-0.25, -0.2) is 4.98 Å². The zero-order valence-electron chi connectivity index (χ0n) is 22.6. The number of hydrogen-bond donors (Lipinski definition) is 2. The first-order valence-corrected chi connectivity index (χ1v) is 14.4. The summed E-state index contributed by atoms with van der Waals surface area (Å²) >= 11 is 1.15. The van der Waals surface area contributed by atoms with Crippen molar-refractivity contribution >= 4 is 34.5 Å². The molecule has 0 spiro atoms. The maximum Gasteiger partial charge on any atom is 0.262 e. The first-order valence-electron chi connectivity index (χ1n) is 13.5. The van der Waals surface area contributed by atoms with Crippen LogP contribution in [-0.4, -0.2) is 47.2 Å². The van der Waals surface area contributed by atoms with Gasteiger partial charge in [-0.15, -0.1) is 0 Å². The standard InChI is InChI=1S/C30H28N4O7S/c35-27(32-15-20-6-7-23-24(12-20)39-17-38-23)9-11-34-29(37)21-13-25-26(41-18-40-25)14-22(21)33-30(34)42-16-28(36)31-10-8-19-4-2-1-3-5-19/h1-7,12-14H,8-11,15-18H2,(H,31,36)(H,32,35). The van der Waals surface area contributed by atoms with Crippen molar-refractivity contribution in [2.45, 2.75) is 31.1 Å². The van der Waals surface area contributed by atoms with E-state index in [1.807, 2.05) is 42.5 Å². The number of nitrogens with one attached hydrogen (secondary N) is 2. The Morgan fingerprint density at radius 1 is 0.833 bits per heavy atom. The Labute approximate surface area is 245 Å². The molecule has 0 saturated heterocycles. The van der Waals surface area contributed by atoms with Crippen LogP contribution in [0.2, 0.25) is 0 Å². The second-order valence-corrected chi connectivity index (χ2v) is 10.6. The lowest BCUT2D eigenvalue weighted by Gasteiger charge is -2.14. The number of aromatic nitrogens is 2. The van der Waals surface area contributed by atoms with Gasteiger partial charge in [-0.3, -0.25) is 19.0 Å². The SMILES string of the molecule is O=C(CCn1c(SCC(=O)NCCc2ccccc2)nc2cc3c(cc2c1=O)OCO3)NCc1ccc2c(c1)OCO2. The molecule has 3 aromatic carbocycles. The number of amides is 2. The highest BCUT2D eigenvalue weighted by Gasteiger charge is 2.20. The van der Waals surface area contributed by atoms with Gasteiger partial charge in [0.2, 0.25) is 25.4 Å². The number of nitrogens with zero attached hydrogens (tertiary/aromatic N) is 2. The molecule has 2 aliphatic rings. The van der Waals surface area contributed by atoms with Gasteiger partial charge in [-0.05, 0) is 35.7 Å². The second-order valence-electron chi connectivity index (χ2n) is 9.66. The van der Waals surface area contributed by atoms with E-state index in [9.17, 15) is 14.4 Å². The number of benzene rings is 3. The van der Waals surface area contributed by atoms with Crippen LogP contribution in [-0.2, 0) is 29.1 Å². The first kappa shape index (κ1) is 27.5. The average Bonchev–Trinajstić information content (AvgIpc) is 3.67. The fraction of sp³-hybridized carbons (Fsp3) is 0.267. The molecule has 0 unspecified atom stereocenters. The molecule has 11 nitrogen and oxygen atoms in total. The molecule has 0 saturated carbocycles. The molecule has 0 aliphatic carbocycles. The quantitative estimate of drug-likeness (QED) is 0.201. The van der Waals surface area contributed by atoms with Crippen molar-refractivity contribution in [1.82, 2.24) is 20.2 Å². The summed E-state index contributed by atoms with van der Waals surface area (Å²) in [4.78, 5) is 43.6. The summed E-state index contributed by atoms with van der Waals surface area (Å²) in [5, 5.41) is 6.48. The van der Waals surface area contributed by atoms with E-state index in [4.69, 9.17) is 18.9 Å². The molecular weight excluding hydrogens is 560 g/mol. The highest BCUT2D eigenvalue weighted by atomic mass is 32.2. The van der Waals surface area contributed by atoms with E-state index < -0.39 is 0 Å². The summed E-state index contributed by atoms with van der Waals surface area (Å²) in [6.45, 7) is 1.12. The Hall–Kier alpha value is -4.71. The van der Waals surface area contributed by atoms with Crippen LogP contribution in [0.1, 0.15) is 17.5 Å². The van der Waals surface area contributed by atoms with E-state index >= 15 is 0 Å². The molecule has 1 aromatic heterocycles. The van der Waals surface area contributed by atoms with Crippen molar-refractivity contribution in [2.24, 2.45) is 0 Å². The maximum absolute atomic E-state index is 13.6. The van der Waals surface area contributed by atoms with Gasteiger partial charge in [0, 0.05) is 32.1 Å². The zero-order chi connectivity index (χ0) is 28.9. The average molecular weight is 589 g/mol. The van der Waals surface area contributed by atoms with Crippen LogP contribution in [0.4, 0.5) is 0 Å². The Bertz CT molecular complexity index is 1690. The number of hydrogen-bond acceptors (Lipinski definition) is 9. The second kappa shape index (κ2) is 12.4. The van der Waals surface area contributed by atoms with E-state index in [2.05, 4.69) is 15.6 Å². The van der Waals surface area contributed by atoms with E-state index in [1.54, 1.807) is 18.2 Å². The minimum atomic E-state index is -0.325. The van der Waals surface area contributed by atoms with Gasteiger partial charge in [-0.1, -0.05) is 48.2 Å². The monoisotopic (exact) mass is 588 g/mol. The summed E-state index contributed by atoms with van der Waals surface area (Å²) < 4.78 is 23.1. The maximum atomic E-state index is 13.6. The van der Waals surface area contributed by atoms with E-state index in [0.29, 0.717) is 58.6 Å². The smallest absolute Gasteiger partial charge is 0.262 e. The number of thioether (sulfide) groups is 1. The molecule has 2 amide bonds. The Morgan fingerprint density at radius 2 is 1.57 bits per heavy atom. The van der Waals surface area contributed by atoms with Crippen LogP contribution in [0, 0.1) is 0 Å². The van der Waals surface area contributed by atoms with Gasteiger partial charge in [0.15, 0.2) is 28.2 Å². The summed E-state index contributed by atoms with van der Waals surface area (Å²) in [5.41, 5.74) is 2.10. The van der Waals surface area contributed by atoms with E-state index in [1.165, 1.54) is 4.57 Å². The topological polar surface area (TPSA) is 130 Å². The lowest BCUT2D eigenvalue weighted by atomic mass is 10.1. The van der Waals surface area contributed by atoms with Crippen molar-refractivity contribution in [1.29, 1.82) is 0 Å². The summed E-state index contributed by atoms with van der Waals surface area (Å²) in [7, 11) is 0. The van der Waals surface area contributed by atoms with Crippen LogP contribution in [0.15, 0.2) is 70.6 Å². The zero-order valence-corrected chi connectivity index (χ0v) is 23.4. The number of rotatable bonds is 11. The Balaban J connectivity index is 1.13. The van der Waals surface area contributed by atoms with Crippen LogP contribution >= 0.6 is 11.8 Å². The van der Waals surface area contributed by atoms with E-state index in [0.717, 1.165) is 22.9 Å². The summed E-state index contributed by atoms with van der Waals surface area (Å²) in [6.07, 6.45) is 0.754. The van der Waals surface area contributed by atoms with Crippen LogP contribution in [0.25, 0.3) is 10.9 Å². The molecule has 2 aliphatic heterocycles. The van der Waals surface area contributed by atoms with Gasteiger partial charge < -0.3 is 29.6 Å². The summed E-state index contributed by atoms with van der Waals surface area (Å²) in [6, 6.07) is 18.6. The van der Waals surface area contributed by atoms with Crippen molar-refractivity contribution in [3.63, 3.8) is 0 Å². The number of carbonyl (C=O) groups is 2. The fourth-order valence-corrected chi connectivity index (χ4v) is 5.48. The first-order chi connectivity index (χ1) is 20.5. The van der Waals surface area contributed by atoms with Crippen molar-refractivity contribution < 1.29 is 28.5 Å². The minimum absolute atomic E-state index is 0.0407. The molecule has 12 heteroatoms. The van der Waals surface area contributed by atoms with E-state index in [-0.39, 0.29) is 49.7 Å². The molecule has 0 atom stereocenters. The molecule has 3 heterocycles. The minimum Gasteiger partial charge on any atom is -0.454 e. The van der Waals surface area contributed by atoms with Crippen molar-refractivity contribution in [2.75, 3.05) is 25.9 Å². The Morgan fingerprint density at radius 3 is 2.38 bits per heavy atom. The largest absolute Gasteiger partial charge is 0.454 e. The van der Waals surface area contributed by atoms with Crippen LogP contribution in [0.3, 0.4) is 0 Å². The van der Waals surface area contributed by atoms with Crippen LogP contribution in [0.5, 0.6) is 23.0 Å². The third-order valence-electron chi connectivity index (χ3n) is 6.81. The third-order valence-corrected chi connectivity index (χ3v) is 7.79. The van der Waals surface area contributed by atoms with Gasteiger partial charge in [-0.2, -0.15) is 0 Å². The summed E-state index contributed by atoms with van der Waals surface area (Å²) in [5.74, 6) is 1.93. The predicted octanol–water partition coefficient (Wildman–Crippen LogP) is 3.01. The van der Waals surface area contributed by atoms with Gasteiger partial charge in [0.25, 0.3) is 5.56 Å². The van der Waals surface area contributed by atoms with Gasteiger partial charge in [0.05, 0.1) is 16.7 Å². The molecule has 2 N–H and O–H groups in total. The number of carbonyl (C=O) groups excluding carboxylic acids is 2. The highest BCUT2D eigenvalue weighted by Crippen LogP contribution is 2.35. The molecule has 6 rings (SSSR count). The predicted molar refractivity (Wildman–Crippen MR) is 155 cm³/mol. The number of fused-ring (bicyclic) bond motifs is 3. The normalized spacial score (nSPS) is 12.9. The van der Waals surface area contributed by atoms with Gasteiger partial charge >= 0.3 is 0 Å².